The molecule has 3 aromatic rings. The molecule has 28 heavy (non-hydrogen) atoms. The Morgan fingerprint density at radius 3 is 1.82 bits per heavy atom. The molecule has 0 aliphatic rings. The SMILES string of the molecule is OC(COCCc1ccccn1)CN(Cc1ccccn1)Cc1ccccn1. The van der Waals surface area contributed by atoms with Crippen molar-refractivity contribution in [3.8, 4) is 0 Å². The number of aromatic nitrogens is 3. The molecule has 0 aliphatic carbocycles. The van der Waals surface area contributed by atoms with Crippen molar-refractivity contribution in [2.24, 2.45) is 0 Å². The Morgan fingerprint density at radius 2 is 1.32 bits per heavy atom. The Kier molecular flexibility index (Phi) is 8.06. The lowest BCUT2D eigenvalue weighted by Crippen LogP contribution is -2.34. The molecular weight excluding hydrogens is 352 g/mol. The van der Waals surface area contributed by atoms with E-state index in [2.05, 4.69) is 19.9 Å². The van der Waals surface area contributed by atoms with Crippen LogP contribution in [0, 0.1) is 0 Å². The molecule has 1 unspecified atom stereocenters. The van der Waals surface area contributed by atoms with E-state index in [-0.39, 0.29) is 6.61 Å². The van der Waals surface area contributed by atoms with Gasteiger partial charge in [-0.2, -0.15) is 0 Å². The summed E-state index contributed by atoms with van der Waals surface area (Å²) in [5.41, 5.74) is 2.91. The molecule has 3 rings (SSSR count). The lowest BCUT2D eigenvalue weighted by Gasteiger charge is -2.24. The van der Waals surface area contributed by atoms with Crippen LogP contribution in [-0.2, 0) is 24.2 Å². The van der Waals surface area contributed by atoms with Gasteiger partial charge in [-0.3, -0.25) is 19.9 Å². The maximum atomic E-state index is 10.4. The van der Waals surface area contributed by atoms with Crippen molar-refractivity contribution in [3.05, 3.63) is 90.3 Å². The average Bonchev–Trinajstić information content (AvgIpc) is 2.73. The van der Waals surface area contributed by atoms with Gasteiger partial charge in [0.15, 0.2) is 0 Å². The molecule has 6 nitrogen and oxygen atoms in total. The molecule has 1 N–H and O–H groups in total. The highest BCUT2D eigenvalue weighted by molar-refractivity contribution is 5.06. The van der Waals surface area contributed by atoms with E-state index in [9.17, 15) is 5.11 Å². The second-order valence-corrected chi connectivity index (χ2v) is 6.61. The fourth-order valence-electron chi connectivity index (χ4n) is 2.92. The molecule has 0 fully saturated rings. The van der Waals surface area contributed by atoms with Gasteiger partial charge in [-0.05, 0) is 36.4 Å². The van der Waals surface area contributed by atoms with Crippen molar-refractivity contribution in [1.29, 1.82) is 0 Å². The van der Waals surface area contributed by atoms with Gasteiger partial charge in [0.2, 0.25) is 0 Å². The summed E-state index contributed by atoms with van der Waals surface area (Å²) < 4.78 is 5.65. The van der Waals surface area contributed by atoms with Crippen molar-refractivity contribution >= 4 is 0 Å². The van der Waals surface area contributed by atoms with Gasteiger partial charge in [0.1, 0.15) is 0 Å². The van der Waals surface area contributed by atoms with E-state index in [1.807, 2.05) is 54.6 Å². The molecule has 0 amide bonds. The van der Waals surface area contributed by atoms with E-state index in [4.69, 9.17) is 4.74 Å². The quantitative estimate of drug-likeness (QED) is 0.517. The van der Waals surface area contributed by atoms with E-state index in [1.165, 1.54) is 0 Å². The largest absolute Gasteiger partial charge is 0.389 e. The van der Waals surface area contributed by atoms with Crippen LogP contribution < -0.4 is 0 Å². The Hall–Kier alpha value is -2.67. The molecule has 3 heterocycles. The molecule has 1 atom stereocenters. The van der Waals surface area contributed by atoms with Crippen LogP contribution in [0.3, 0.4) is 0 Å². The maximum Gasteiger partial charge on any atom is 0.0900 e. The number of aliphatic hydroxyl groups excluding tert-OH is 1. The number of ether oxygens (including phenoxy) is 1. The molecule has 0 radical (unpaired) electrons. The highest BCUT2D eigenvalue weighted by Gasteiger charge is 2.14. The number of aliphatic hydroxyl groups is 1. The van der Waals surface area contributed by atoms with Crippen LogP contribution >= 0.6 is 0 Å². The lowest BCUT2D eigenvalue weighted by molar-refractivity contribution is 0.0140. The average molecular weight is 378 g/mol. The summed E-state index contributed by atoms with van der Waals surface area (Å²) >= 11 is 0. The minimum atomic E-state index is -0.587. The number of rotatable bonds is 11. The first-order valence-corrected chi connectivity index (χ1v) is 9.47. The van der Waals surface area contributed by atoms with Crippen LogP contribution in [-0.4, -0.2) is 50.8 Å². The van der Waals surface area contributed by atoms with Crippen molar-refractivity contribution < 1.29 is 9.84 Å². The third-order valence-corrected chi connectivity index (χ3v) is 4.23. The molecule has 0 saturated carbocycles. The van der Waals surface area contributed by atoms with Crippen molar-refractivity contribution in [2.75, 3.05) is 19.8 Å². The standard InChI is InChI=1S/C22H26N4O2/c27-22(18-28-14-10-19-7-1-4-11-23-19)17-26(15-20-8-2-5-12-24-20)16-21-9-3-6-13-25-21/h1-9,11-13,22,27H,10,14-18H2. The summed E-state index contributed by atoms with van der Waals surface area (Å²) in [5.74, 6) is 0. The van der Waals surface area contributed by atoms with Crippen molar-refractivity contribution in [2.45, 2.75) is 25.6 Å². The van der Waals surface area contributed by atoms with Crippen molar-refractivity contribution in [1.82, 2.24) is 19.9 Å². The number of nitrogens with zero attached hydrogens (tertiary/aromatic N) is 4. The second kappa shape index (κ2) is 11.2. The van der Waals surface area contributed by atoms with E-state index >= 15 is 0 Å². The molecule has 0 aliphatic heterocycles. The zero-order valence-electron chi connectivity index (χ0n) is 15.9. The molecule has 146 valence electrons. The lowest BCUT2D eigenvalue weighted by atomic mass is 10.2. The molecule has 0 bridgehead atoms. The van der Waals surface area contributed by atoms with E-state index in [1.54, 1.807) is 18.6 Å². The van der Waals surface area contributed by atoms with Gasteiger partial charge in [0.25, 0.3) is 0 Å². The van der Waals surface area contributed by atoms with E-state index in [0.29, 0.717) is 26.2 Å². The summed E-state index contributed by atoms with van der Waals surface area (Å²) in [4.78, 5) is 15.2. The summed E-state index contributed by atoms with van der Waals surface area (Å²) in [6, 6.07) is 17.5. The molecular formula is C22H26N4O2. The Bertz CT molecular complexity index is 746. The summed E-state index contributed by atoms with van der Waals surface area (Å²) in [6.45, 7) is 2.59. The fourth-order valence-corrected chi connectivity index (χ4v) is 2.92. The third-order valence-electron chi connectivity index (χ3n) is 4.23. The first kappa shape index (κ1) is 20.1. The van der Waals surface area contributed by atoms with Crippen LogP contribution in [0.25, 0.3) is 0 Å². The molecule has 3 aromatic heterocycles. The number of pyridine rings is 3. The highest BCUT2D eigenvalue weighted by atomic mass is 16.5. The minimum Gasteiger partial charge on any atom is -0.389 e. The number of hydrogen-bond acceptors (Lipinski definition) is 6. The van der Waals surface area contributed by atoms with Crippen molar-refractivity contribution in [3.63, 3.8) is 0 Å². The van der Waals surface area contributed by atoms with Gasteiger partial charge in [0.05, 0.1) is 30.7 Å². The third kappa shape index (κ3) is 7.15. The Balaban J connectivity index is 1.49. The van der Waals surface area contributed by atoms with Crippen LogP contribution in [0.2, 0.25) is 0 Å². The first-order chi connectivity index (χ1) is 13.8. The van der Waals surface area contributed by atoms with E-state index in [0.717, 1.165) is 23.5 Å². The van der Waals surface area contributed by atoms with Crippen LogP contribution in [0.1, 0.15) is 17.1 Å². The summed E-state index contributed by atoms with van der Waals surface area (Å²) in [6.07, 6.45) is 5.49. The summed E-state index contributed by atoms with van der Waals surface area (Å²) in [5, 5.41) is 10.4. The topological polar surface area (TPSA) is 71.4 Å². The predicted molar refractivity (Wildman–Crippen MR) is 107 cm³/mol. The van der Waals surface area contributed by atoms with Gasteiger partial charge in [-0.1, -0.05) is 18.2 Å². The van der Waals surface area contributed by atoms with Gasteiger partial charge in [-0.25, -0.2) is 0 Å². The first-order valence-electron chi connectivity index (χ1n) is 9.47. The Morgan fingerprint density at radius 1 is 0.786 bits per heavy atom. The monoisotopic (exact) mass is 378 g/mol. The van der Waals surface area contributed by atoms with E-state index < -0.39 is 6.10 Å². The predicted octanol–water partition coefficient (Wildman–Crippen LogP) is 2.49. The second-order valence-electron chi connectivity index (χ2n) is 6.61. The maximum absolute atomic E-state index is 10.4. The number of hydrogen-bond donors (Lipinski definition) is 1. The van der Waals surface area contributed by atoms with Crippen LogP contribution in [0.15, 0.2) is 73.2 Å². The van der Waals surface area contributed by atoms with Gasteiger partial charge in [-0.15, -0.1) is 0 Å². The molecule has 0 spiro atoms. The highest BCUT2D eigenvalue weighted by Crippen LogP contribution is 2.08. The molecule has 0 saturated heterocycles. The normalized spacial score (nSPS) is 12.2. The molecule has 6 heteroatoms. The Labute approximate surface area is 165 Å². The zero-order valence-corrected chi connectivity index (χ0v) is 15.9. The minimum absolute atomic E-state index is 0.285. The van der Waals surface area contributed by atoms with Gasteiger partial charge in [0, 0.05) is 50.3 Å². The van der Waals surface area contributed by atoms with Crippen LogP contribution in [0.5, 0.6) is 0 Å². The summed E-state index contributed by atoms with van der Waals surface area (Å²) in [7, 11) is 0. The molecule has 0 aromatic carbocycles. The smallest absolute Gasteiger partial charge is 0.0900 e. The van der Waals surface area contributed by atoms with Gasteiger partial charge < -0.3 is 9.84 Å². The van der Waals surface area contributed by atoms with Crippen LogP contribution in [0.4, 0.5) is 0 Å². The fraction of sp³-hybridized carbons (Fsp3) is 0.318. The zero-order chi connectivity index (χ0) is 19.4. The van der Waals surface area contributed by atoms with Gasteiger partial charge >= 0.3 is 0 Å².